The molecule has 1 amide bonds. The summed E-state index contributed by atoms with van der Waals surface area (Å²) >= 11 is 0. The molecule has 1 aromatic heterocycles. The highest BCUT2D eigenvalue weighted by atomic mass is 32.2. The van der Waals surface area contributed by atoms with Gasteiger partial charge in [-0.2, -0.15) is 0 Å². The molecule has 142 valence electrons. The molecule has 0 unspecified atom stereocenters. The standard InChI is InChI=1S/C19H21N3O4S/c1-4-10-22-16-11-14(21-27(24,25)15-6-5-9-20-12-15)7-8-17(16)26-13-19(2,3)18(22)23/h4-9,11-12,21H,1,10,13H2,2-3H3. The first kappa shape index (κ1) is 18.9. The van der Waals surface area contributed by atoms with E-state index in [0.717, 1.165) is 0 Å². The summed E-state index contributed by atoms with van der Waals surface area (Å²) in [6.07, 6.45) is 4.39. The number of hydrogen-bond acceptors (Lipinski definition) is 5. The molecule has 0 fully saturated rings. The lowest BCUT2D eigenvalue weighted by Crippen LogP contribution is -2.42. The molecule has 0 saturated carbocycles. The average Bonchev–Trinajstić information content (AvgIpc) is 2.73. The zero-order valence-corrected chi connectivity index (χ0v) is 16.0. The van der Waals surface area contributed by atoms with E-state index in [2.05, 4.69) is 16.3 Å². The van der Waals surface area contributed by atoms with E-state index in [9.17, 15) is 13.2 Å². The van der Waals surface area contributed by atoms with E-state index in [-0.39, 0.29) is 24.0 Å². The summed E-state index contributed by atoms with van der Waals surface area (Å²) < 4.78 is 33.4. The van der Waals surface area contributed by atoms with E-state index in [4.69, 9.17) is 4.74 Å². The highest BCUT2D eigenvalue weighted by Crippen LogP contribution is 2.38. The Bertz CT molecular complexity index is 972. The van der Waals surface area contributed by atoms with Gasteiger partial charge in [0.25, 0.3) is 10.0 Å². The molecule has 0 radical (unpaired) electrons. The fourth-order valence-electron chi connectivity index (χ4n) is 2.74. The van der Waals surface area contributed by atoms with Crippen LogP contribution in [0.2, 0.25) is 0 Å². The minimum atomic E-state index is -3.79. The van der Waals surface area contributed by atoms with Gasteiger partial charge in [0.2, 0.25) is 5.91 Å². The third kappa shape index (κ3) is 3.80. The molecule has 27 heavy (non-hydrogen) atoms. The van der Waals surface area contributed by atoms with Crippen molar-refractivity contribution in [3.8, 4) is 5.75 Å². The molecule has 3 rings (SSSR count). The van der Waals surface area contributed by atoms with Crippen LogP contribution >= 0.6 is 0 Å². The maximum atomic E-state index is 12.9. The van der Waals surface area contributed by atoms with E-state index in [1.54, 1.807) is 35.2 Å². The molecule has 2 heterocycles. The number of aromatic nitrogens is 1. The van der Waals surface area contributed by atoms with Crippen molar-refractivity contribution in [3.05, 3.63) is 55.4 Å². The molecule has 7 nitrogen and oxygen atoms in total. The minimum absolute atomic E-state index is 0.0522. The lowest BCUT2D eigenvalue weighted by Gasteiger charge is -2.27. The molecular formula is C19H21N3O4S. The summed E-state index contributed by atoms with van der Waals surface area (Å²) in [5, 5.41) is 0. The molecule has 0 bridgehead atoms. The molecular weight excluding hydrogens is 366 g/mol. The molecule has 1 aromatic carbocycles. The summed E-state index contributed by atoms with van der Waals surface area (Å²) in [7, 11) is -3.79. The van der Waals surface area contributed by atoms with Gasteiger partial charge in [0.05, 0.1) is 16.8 Å². The minimum Gasteiger partial charge on any atom is -0.490 e. The Kier molecular flexibility index (Phi) is 4.93. The van der Waals surface area contributed by atoms with Crippen LogP contribution in [-0.4, -0.2) is 32.5 Å². The number of fused-ring (bicyclic) bond motifs is 1. The molecule has 1 N–H and O–H groups in total. The maximum absolute atomic E-state index is 12.9. The fraction of sp³-hybridized carbons (Fsp3) is 0.263. The highest BCUT2D eigenvalue weighted by molar-refractivity contribution is 7.92. The van der Waals surface area contributed by atoms with Gasteiger partial charge in [-0.1, -0.05) is 6.08 Å². The molecule has 0 saturated heterocycles. The van der Waals surface area contributed by atoms with Gasteiger partial charge in [0.15, 0.2) is 0 Å². The summed E-state index contributed by atoms with van der Waals surface area (Å²) in [5.74, 6) is 0.397. The molecule has 2 aromatic rings. The van der Waals surface area contributed by atoms with Crippen LogP contribution < -0.4 is 14.4 Å². The lowest BCUT2D eigenvalue weighted by atomic mass is 9.93. The van der Waals surface area contributed by atoms with Gasteiger partial charge in [-0.05, 0) is 44.2 Å². The largest absolute Gasteiger partial charge is 0.490 e. The highest BCUT2D eigenvalue weighted by Gasteiger charge is 2.37. The van der Waals surface area contributed by atoms with Gasteiger partial charge in [-0.3, -0.25) is 14.5 Å². The second-order valence-electron chi connectivity index (χ2n) is 6.85. The number of nitrogens with one attached hydrogen (secondary N) is 1. The van der Waals surface area contributed by atoms with E-state index >= 15 is 0 Å². The zero-order chi connectivity index (χ0) is 19.7. The van der Waals surface area contributed by atoms with Gasteiger partial charge in [0.1, 0.15) is 17.3 Å². The number of pyridine rings is 1. The number of anilines is 2. The molecule has 1 aliphatic rings. The summed E-state index contributed by atoms with van der Waals surface area (Å²) in [4.78, 5) is 18.3. The first-order valence-electron chi connectivity index (χ1n) is 8.37. The topological polar surface area (TPSA) is 88.6 Å². The van der Waals surface area contributed by atoms with Gasteiger partial charge in [-0.15, -0.1) is 6.58 Å². The Balaban J connectivity index is 2.00. The number of benzene rings is 1. The number of carbonyl (C=O) groups is 1. The summed E-state index contributed by atoms with van der Waals surface area (Å²) in [5.41, 5.74) is 0.108. The fourth-order valence-corrected chi connectivity index (χ4v) is 3.75. The van der Waals surface area contributed by atoms with Crippen LogP contribution in [0.25, 0.3) is 0 Å². The van der Waals surface area contributed by atoms with Crippen LogP contribution in [0.1, 0.15) is 13.8 Å². The van der Waals surface area contributed by atoms with Crippen molar-refractivity contribution in [2.24, 2.45) is 5.41 Å². The van der Waals surface area contributed by atoms with Gasteiger partial charge in [-0.25, -0.2) is 8.42 Å². The monoisotopic (exact) mass is 387 g/mol. The lowest BCUT2D eigenvalue weighted by molar-refractivity contribution is -0.127. The van der Waals surface area contributed by atoms with Crippen molar-refractivity contribution in [1.29, 1.82) is 0 Å². The third-order valence-corrected chi connectivity index (χ3v) is 5.54. The van der Waals surface area contributed by atoms with Crippen molar-refractivity contribution in [2.75, 3.05) is 22.8 Å². The Labute approximate surface area is 158 Å². The van der Waals surface area contributed by atoms with Crippen LogP contribution in [0.15, 0.2) is 60.3 Å². The van der Waals surface area contributed by atoms with E-state index in [1.807, 2.05) is 13.8 Å². The van der Waals surface area contributed by atoms with Crippen molar-refractivity contribution in [1.82, 2.24) is 4.98 Å². The first-order chi connectivity index (χ1) is 12.7. The van der Waals surface area contributed by atoms with Crippen molar-refractivity contribution in [3.63, 3.8) is 0 Å². The number of rotatable bonds is 5. The summed E-state index contributed by atoms with van der Waals surface area (Å²) in [6, 6.07) is 7.85. The van der Waals surface area contributed by atoms with Crippen LogP contribution in [-0.2, 0) is 14.8 Å². The SMILES string of the molecule is C=CCN1C(=O)C(C)(C)COc2ccc(NS(=O)(=O)c3cccnc3)cc21. The third-order valence-electron chi connectivity index (χ3n) is 4.17. The quantitative estimate of drug-likeness (QED) is 0.797. The number of hydrogen-bond donors (Lipinski definition) is 1. The second-order valence-corrected chi connectivity index (χ2v) is 8.54. The van der Waals surface area contributed by atoms with Crippen molar-refractivity contribution in [2.45, 2.75) is 18.7 Å². The molecule has 1 aliphatic heterocycles. The first-order valence-corrected chi connectivity index (χ1v) is 9.85. The van der Waals surface area contributed by atoms with Crippen molar-refractivity contribution >= 4 is 27.3 Å². The van der Waals surface area contributed by atoms with Gasteiger partial charge in [0, 0.05) is 18.9 Å². The van der Waals surface area contributed by atoms with Crippen LogP contribution in [0.5, 0.6) is 5.75 Å². The number of sulfonamides is 1. The Hall–Kier alpha value is -2.87. The normalized spacial score (nSPS) is 16.1. The average molecular weight is 387 g/mol. The Morgan fingerprint density at radius 3 is 2.81 bits per heavy atom. The number of amides is 1. The summed E-state index contributed by atoms with van der Waals surface area (Å²) in [6.45, 7) is 7.85. The zero-order valence-electron chi connectivity index (χ0n) is 15.2. The van der Waals surface area contributed by atoms with Crippen LogP contribution in [0.4, 0.5) is 11.4 Å². The maximum Gasteiger partial charge on any atom is 0.263 e. The molecule has 0 aliphatic carbocycles. The Morgan fingerprint density at radius 1 is 1.37 bits per heavy atom. The molecule has 8 heteroatoms. The number of ether oxygens (including phenoxy) is 1. The van der Waals surface area contributed by atoms with E-state index in [0.29, 0.717) is 17.1 Å². The second kappa shape index (κ2) is 7.03. The number of nitrogens with zero attached hydrogens (tertiary/aromatic N) is 2. The van der Waals surface area contributed by atoms with E-state index in [1.165, 1.54) is 18.5 Å². The predicted octanol–water partition coefficient (Wildman–Crippen LogP) is 2.82. The molecule has 0 atom stereocenters. The smallest absolute Gasteiger partial charge is 0.263 e. The van der Waals surface area contributed by atoms with E-state index < -0.39 is 15.4 Å². The van der Waals surface area contributed by atoms with Gasteiger partial charge >= 0.3 is 0 Å². The van der Waals surface area contributed by atoms with Crippen molar-refractivity contribution < 1.29 is 17.9 Å². The molecule has 0 spiro atoms. The van der Waals surface area contributed by atoms with Crippen LogP contribution in [0.3, 0.4) is 0 Å². The number of carbonyl (C=O) groups excluding carboxylic acids is 1. The Morgan fingerprint density at radius 2 is 2.15 bits per heavy atom. The van der Waals surface area contributed by atoms with Crippen LogP contribution in [0, 0.1) is 5.41 Å². The van der Waals surface area contributed by atoms with Gasteiger partial charge < -0.3 is 9.64 Å². The predicted molar refractivity (Wildman–Crippen MR) is 103 cm³/mol.